The summed E-state index contributed by atoms with van der Waals surface area (Å²) in [6.45, 7) is 2.59. The maximum Gasteiger partial charge on any atom is 0.225 e. The fraction of sp³-hybridized carbons (Fsp3) is 0.909. The molecule has 2 heterocycles. The lowest BCUT2D eigenvalue weighted by Gasteiger charge is -2.19. The summed E-state index contributed by atoms with van der Waals surface area (Å²) in [5, 5.41) is 11.7. The highest BCUT2D eigenvalue weighted by atomic mass is 16.5. The van der Waals surface area contributed by atoms with Crippen molar-refractivity contribution in [2.24, 2.45) is 11.8 Å². The van der Waals surface area contributed by atoms with Gasteiger partial charge in [-0.25, -0.2) is 0 Å². The fourth-order valence-corrected chi connectivity index (χ4v) is 2.38. The minimum Gasteiger partial charge on any atom is -0.396 e. The summed E-state index contributed by atoms with van der Waals surface area (Å²) in [4.78, 5) is 11.8. The lowest BCUT2D eigenvalue weighted by atomic mass is 9.88. The topological polar surface area (TPSA) is 58.6 Å². The molecule has 0 aromatic carbocycles. The zero-order valence-electron chi connectivity index (χ0n) is 9.11. The van der Waals surface area contributed by atoms with Crippen molar-refractivity contribution in [1.82, 2.24) is 5.32 Å². The number of hydrogen-bond acceptors (Lipinski definition) is 3. The molecule has 0 saturated carbocycles. The van der Waals surface area contributed by atoms with E-state index in [-0.39, 0.29) is 30.5 Å². The van der Waals surface area contributed by atoms with E-state index in [1.165, 1.54) is 0 Å². The maximum absolute atomic E-state index is 11.8. The molecule has 2 aliphatic heterocycles. The summed E-state index contributed by atoms with van der Waals surface area (Å²) in [7, 11) is 0. The molecule has 2 bridgehead atoms. The Bertz CT molecular complexity index is 244. The summed E-state index contributed by atoms with van der Waals surface area (Å²) in [5.41, 5.74) is 0. The molecule has 0 aromatic heterocycles. The molecule has 2 saturated heterocycles. The van der Waals surface area contributed by atoms with Gasteiger partial charge in [-0.05, 0) is 25.2 Å². The van der Waals surface area contributed by atoms with Gasteiger partial charge < -0.3 is 15.2 Å². The summed E-state index contributed by atoms with van der Waals surface area (Å²) < 4.78 is 5.63. The van der Waals surface area contributed by atoms with Crippen LogP contribution >= 0.6 is 0 Å². The van der Waals surface area contributed by atoms with Crippen LogP contribution in [0.3, 0.4) is 0 Å². The standard InChI is InChI=1S/C11H19NO3/c1-7(6-13)5-12-11(14)9-4-8-2-3-10(9)15-8/h7-10,13H,2-6H2,1H3,(H,12,14). The van der Waals surface area contributed by atoms with Crippen molar-refractivity contribution in [2.75, 3.05) is 13.2 Å². The molecular formula is C11H19NO3. The monoisotopic (exact) mass is 213 g/mol. The van der Waals surface area contributed by atoms with Crippen LogP contribution in [0.1, 0.15) is 26.2 Å². The Labute approximate surface area is 90.0 Å². The Morgan fingerprint density at radius 3 is 2.93 bits per heavy atom. The van der Waals surface area contributed by atoms with Crippen molar-refractivity contribution in [3.8, 4) is 0 Å². The highest BCUT2D eigenvalue weighted by Crippen LogP contribution is 2.38. The van der Waals surface area contributed by atoms with E-state index in [2.05, 4.69) is 5.32 Å². The lowest BCUT2D eigenvalue weighted by molar-refractivity contribution is -0.126. The molecule has 0 aromatic rings. The van der Waals surface area contributed by atoms with Crippen LogP contribution in [0.25, 0.3) is 0 Å². The molecule has 15 heavy (non-hydrogen) atoms. The second-order valence-electron chi connectivity index (χ2n) is 4.75. The van der Waals surface area contributed by atoms with E-state index >= 15 is 0 Å². The largest absolute Gasteiger partial charge is 0.396 e. The van der Waals surface area contributed by atoms with Crippen molar-refractivity contribution in [2.45, 2.75) is 38.4 Å². The van der Waals surface area contributed by atoms with Crippen molar-refractivity contribution in [3.05, 3.63) is 0 Å². The van der Waals surface area contributed by atoms with E-state index in [1.54, 1.807) is 0 Å². The number of nitrogens with one attached hydrogen (secondary N) is 1. The molecule has 0 aliphatic carbocycles. The molecule has 4 nitrogen and oxygen atoms in total. The molecule has 4 unspecified atom stereocenters. The normalized spacial score (nSPS) is 35.5. The highest BCUT2D eigenvalue weighted by Gasteiger charge is 2.44. The van der Waals surface area contributed by atoms with Gasteiger partial charge in [-0.15, -0.1) is 0 Å². The Kier molecular flexibility index (Phi) is 3.26. The molecule has 0 spiro atoms. The van der Waals surface area contributed by atoms with E-state index in [9.17, 15) is 4.79 Å². The minimum absolute atomic E-state index is 0.0506. The Morgan fingerprint density at radius 2 is 2.40 bits per heavy atom. The second-order valence-corrected chi connectivity index (χ2v) is 4.75. The average molecular weight is 213 g/mol. The van der Waals surface area contributed by atoms with Gasteiger partial charge in [0, 0.05) is 13.2 Å². The molecular weight excluding hydrogens is 194 g/mol. The smallest absolute Gasteiger partial charge is 0.225 e. The third-order valence-electron chi connectivity index (χ3n) is 3.38. The van der Waals surface area contributed by atoms with Gasteiger partial charge in [-0.1, -0.05) is 6.92 Å². The number of carbonyl (C=O) groups excluding carboxylic acids is 1. The van der Waals surface area contributed by atoms with Gasteiger partial charge >= 0.3 is 0 Å². The predicted molar refractivity (Wildman–Crippen MR) is 55.3 cm³/mol. The highest BCUT2D eigenvalue weighted by molar-refractivity contribution is 5.79. The van der Waals surface area contributed by atoms with Crippen LogP contribution in [-0.4, -0.2) is 36.4 Å². The summed E-state index contributed by atoms with van der Waals surface area (Å²) in [6.07, 6.45) is 3.49. The zero-order chi connectivity index (χ0) is 10.8. The van der Waals surface area contributed by atoms with Gasteiger partial charge in [0.2, 0.25) is 5.91 Å². The number of fused-ring (bicyclic) bond motifs is 2. The summed E-state index contributed by atoms with van der Waals surface area (Å²) in [5.74, 6) is 0.283. The Balaban J connectivity index is 1.77. The van der Waals surface area contributed by atoms with Gasteiger partial charge in [0.05, 0.1) is 18.1 Å². The van der Waals surface area contributed by atoms with Crippen LogP contribution in [0.4, 0.5) is 0 Å². The molecule has 2 N–H and O–H groups in total. The van der Waals surface area contributed by atoms with E-state index in [1.807, 2.05) is 6.92 Å². The van der Waals surface area contributed by atoms with Gasteiger partial charge in [-0.3, -0.25) is 4.79 Å². The average Bonchev–Trinajstić information content (AvgIpc) is 2.86. The molecule has 1 amide bonds. The molecule has 2 rings (SSSR count). The summed E-state index contributed by atoms with van der Waals surface area (Å²) >= 11 is 0. The number of rotatable bonds is 4. The molecule has 86 valence electrons. The second kappa shape index (κ2) is 4.49. The summed E-state index contributed by atoms with van der Waals surface area (Å²) in [6, 6.07) is 0. The van der Waals surface area contributed by atoms with Gasteiger partial charge in [0.15, 0.2) is 0 Å². The third kappa shape index (κ3) is 2.32. The van der Waals surface area contributed by atoms with Gasteiger partial charge in [-0.2, -0.15) is 0 Å². The third-order valence-corrected chi connectivity index (χ3v) is 3.38. The van der Waals surface area contributed by atoms with Gasteiger partial charge in [0.25, 0.3) is 0 Å². The van der Waals surface area contributed by atoms with Gasteiger partial charge in [0.1, 0.15) is 0 Å². The Hall–Kier alpha value is -0.610. The number of ether oxygens (including phenoxy) is 1. The molecule has 2 aliphatic rings. The number of aliphatic hydroxyl groups is 1. The van der Waals surface area contributed by atoms with Crippen molar-refractivity contribution >= 4 is 5.91 Å². The van der Waals surface area contributed by atoms with Crippen LogP contribution in [0, 0.1) is 11.8 Å². The molecule has 0 radical (unpaired) electrons. The first kappa shape index (κ1) is 10.9. The van der Waals surface area contributed by atoms with Crippen LogP contribution in [0.5, 0.6) is 0 Å². The SMILES string of the molecule is CC(CO)CNC(=O)C1CC2CCC1O2. The Morgan fingerprint density at radius 1 is 1.60 bits per heavy atom. The number of aliphatic hydroxyl groups excluding tert-OH is 1. The van der Waals surface area contributed by atoms with Crippen LogP contribution in [0.2, 0.25) is 0 Å². The van der Waals surface area contributed by atoms with E-state index < -0.39 is 0 Å². The van der Waals surface area contributed by atoms with Crippen molar-refractivity contribution in [1.29, 1.82) is 0 Å². The van der Waals surface area contributed by atoms with Crippen LogP contribution in [-0.2, 0) is 9.53 Å². The minimum atomic E-state index is 0.0506. The zero-order valence-corrected chi connectivity index (χ0v) is 9.11. The van der Waals surface area contributed by atoms with Crippen molar-refractivity contribution in [3.63, 3.8) is 0 Å². The van der Waals surface area contributed by atoms with Crippen LogP contribution in [0.15, 0.2) is 0 Å². The lowest BCUT2D eigenvalue weighted by Crippen LogP contribution is -2.38. The quantitative estimate of drug-likeness (QED) is 0.706. The number of amides is 1. The molecule has 4 atom stereocenters. The van der Waals surface area contributed by atoms with Crippen molar-refractivity contribution < 1.29 is 14.6 Å². The first-order valence-corrected chi connectivity index (χ1v) is 5.74. The maximum atomic E-state index is 11.8. The fourth-order valence-electron chi connectivity index (χ4n) is 2.38. The molecule has 2 fully saturated rings. The van der Waals surface area contributed by atoms with Crippen LogP contribution < -0.4 is 5.32 Å². The first-order chi connectivity index (χ1) is 7.20. The van der Waals surface area contributed by atoms with E-state index in [4.69, 9.17) is 9.84 Å². The van der Waals surface area contributed by atoms with E-state index in [0.29, 0.717) is 12.6 Å². The molecule has 4 heteroatoms. The predicted octanol–water partition coefficient (Wildman–Crippen LogP) is 0.298. The van der Waals surface area contributed by atoms with E-state index in [0.717, 1.165) is 19.3 Å². The number of hydrogen-bond donors (Lipinski definition) is 2. The number of carbonyl (C=O) groups is 1. The first-order valence-electron chi connectivity index (χ1n) is 5.74.